The third-order valence-electron chi connectivity index (χ3n) is 6.32. The van der Waals surface area contributed by atoms with E-state index in [-0.39, 0.29) is 28.8 Å². The Kier molecular flexibility index (Phi) is 7.07. The highest BCUT2D eigenvalue weighted by Gasteiger charge is 2.30. The van der Waals surface area contributed by atoms with Gasteiger partial charge in [0.25, 0.3) is 0 Å². The number of hydrogen-bond donors (Lipinski definition) is 3. The summed E-state index contributed by atoms with van der Waals surface area (Å²) in [5, 5.41) is 14.9. The zero-order valence-corrected chi connectivity index (χ0v) is 20.0. The second-order valence-electron chi connectivity index (χ2n) is 8.53. The Morgan fingerprint density at radius 1 is 0.971 bits per heavy atom. The van der Waals surface area contributed by atoms with Crippen molar-refractivity contribution in [2.75, 3.05) is 11.9 Å². The summed E-state index contributed by atoms with van der Waals surface area (Å²) >= 11 is 5.86. The van der Waals surface area contributed by atoms with Gasteiger partial charge < -0.3 is 20.5 Å². The summed E-state index contributed by atoms with van der Waals surface area (Å²) in [6.07, 6.45) is -0.628. The number of aromatic carboxylic acids is 1. The van der Waals surface area contributed by atoms with Crippen LogP contribution in [-0.2, 0) is 9.53 Å². The number of nitrogens with one attached hydrogen (secondary N) is 2. The Morgan fingerprint density at radius 3 is 2.17 bits per heavy atom. The van der Waals surface area contributed by atoms with Crippen molar-refractivity contribution in [1.82, 2.24) is 5.32 Å². The van der Waals surface area contributed by atoms with Crippen molar-refractivity contribution in [3.05, 3.63) is 88.4 Å². The van der Waals surface area contributed by atoms with E-state index in [0.29, 0.717) is 0 Å². The topological polar surface area (TPSA) is 105 Å². The second-order valence-corrected chi connectivity index (χ2v) is 8.97. The third-order valence-corrected chi connectivity index (χ3v) is 6.56. The molecule has 2 atom stereocenters. The van der Waals surface area contributed by atoms with E-state index in [1.807, 2.05) is 36.4 Å². The van der Waals surface area contributed by atoms with Crippen LogP contribution in [0.5, 0.6) is 0 Å². The number of rotatable bonds is 7. The second kappa shape index (κ2) is 10.2. The van der Waals surface area contributed by atoms with Crippen molar-refractivity contribution in [2.45, 2.75) is 25.8 Å². The lowest BCUT2D eigenvalue weighted by atomic mass is 9.98. The number of amides is 2. The zero-order valence-electron chi connectivity index (χ0n) is 19.2. The molecular formula is C27H25ClN2O5. The van der Waals surface area contributed by atoms with Crippen molar-refractivity contribution in [3.8, 4) is 11.1 Å². The standard InChI is InChI=1S/C27H25ClN2O5/c1-15(25(31)30-24-12-11-17(28)13-22(24)26(32)33)16(2)29-27(34)35-14-23-20-9-5-3-7-18(20)19-8-4-6-10-21(19)23/h3-13,15-16,23H,14H2,1-2H3,(H,29,34)(H,30,31)(H,32,33). The molecule has 2 unspecified atom stereocenters. The van der Waals surface area contributed by atoms with E-state index in [1.54, 1.807) is 13.8 Å². The highest BCUT2D eigenvalue weighted by atomic mass is 35.5. The smallest absolute Gasteiger partial charge is 0.407 e. The van der Waals surface area contributed by atoms with E-state index in [2.05, 4.69) is 22.8 Å². The summed E-state index contributed by atoms with van der Waals surface area (Å²) in [7, 11) is 0. The molecule has 3 aromatic rings. The van der Waals surface area contributed by atoms with Crippen molar-refractivity contribution in [2.24, 2.45) is 5.92 Å². The summed E-state index contributed by atoms with van der Waals surface area (Å²) < 4.78 is 5.55. The Morgan fingerprint density at radius 2 is 1.57 bits per heavy atom. The van der Waals surface area contributed by atoms with Crippen molar-refractivity contribution < 1.29 is 24.2 Å². The van der Waals surface area contributed by atoms with Gasteiger partial charge in [-0.05, 0) is 47.4 Å². The Labute approximate surface area is 208 Å². The molecule has 0 heterocycles. The minimum atomic E-state index is -1.21. The Balaban J connectivity index is 1.36. The van der Waals surface area contributed by atoms with Crippen LogP contribution in [-0.4, -0.2) is 35.7 Å². The first-order valence-electron chi connectivity index (χ1n) is 11.2. The lowest BCUT2D eigenvalue weighted by Crippen LogP contribution is -2.42. The highest BCUT2D eigenvalue weighted by Crippen LogP contribution is 2.44. The van der Waals surface area contributed by atoms with Gasteiger partial charge in [-0.3, -0.25) is 4.79 Å². The number of ether oxygens (including phenoxy) is 1. The average Bonchev–Trinajstić information content (AvgIpc) is 3.16. The molecule has 0 bridgehead atoms. The number of hydrogen-bond acceptors (Lipinski definition) is 4. The molecule has 3 aromatic carbocycles. The van der Waals surface area contributed by atoms with Crippen LogP contribution in [0.25, 0.3) is 11.1 Å². The number of benzene rings is 3. The normalized spacial score (nSPS) is 13.8. The Hall–Kier alpha value is -3.84. The van der Waals surface area contributed by atoms with E-state index in [4.69, 9.17) is 16.3 Å². The number of alkyl carbamates (subject to hydrolysis) is 1. The van der Waals surface area contributed by atoms with Gasteiger partial charge in [-0.1, -0.05) is 67.1 Å². The lowest BCUT2D eigenvalue weighted by molar-refractivity contribution is -0.120. The van der Waals surface area contributed by atoms with Crippen LogP contribution >= 0.6 is 11.6 Å². The number of anilines is 1. The largest absolute Gasteiger partial charge is 0.478 e. The molecule has 180 valence electrons. The molecule has 7 nitrogen and oxygen atoms in total. The van der Waals surface area contributed by atoms with Gasteiger partial charge in [0.15, 0.2) is 0 Å². The van der Waals surface area contributed by atoms with Gasteiger partial charge in [0.1, 0.15) is 6.61 Å². The maximum absolute atomic E-state index is 12.7. The molecule has 3 N–H and O–H groups in total. The molecular weight excluding hydrogens is 468 g/mol. The van der Waals surface area contributed by atoms with Gasteiger partial charge in [-0.25, -0.2) is 9.59 Å². The number of carbonyl (C=O) groups excluding carboxylic acids is 2. The van der Waals surface area contributed by atoms with E-state index in [1.165, 1.54) is 18.2 Å². The maximum atomic E-state index is 12.7. The van der Waals surface area contributed by atoms with Crippen LogP contribution in [0.2, 0.25) is 5.02 Å². The first kappa shape index (κ1) is 24.3. The molecule has 0 radical (unpaired) electrons. The first-order chi connectivity index (χ1) is 16.8. The molecule has 1 aliphatic rings. The molecule has 8 heteroatoms. The van der Waals surface area contributed by atoms with Crippen LogP contribution in [0.4, 0.5) is 10.5 Å². The zero-order chi connectivity index (χ0) is 25.1. The molecule has 0 fully saturated rings. The lowest BCUT2D eigenvalue weighted by Gasteiger charge is -2.22. The van der Waals surface area contributed by atoms with Crippen LogP contribution < -0.4 is 10.6 Å². The molecule has 0 spiro atoms. The fourth-order valence-electron chi connectivity index (χ4n) is 4.23. The quantitative estimate of drug-likeness (QED) is 0.401. The van der Waals surface area contributed by atoms with Crippen molar-refractivity contribution >= 4 is 35.3 Å². The van der Waals surface area contributed by atoms with E-state index < -0.39 is 29.9 Å². The SMILES string of the molecule is CC(NC(=O)OCC1c2ccccc2-c2ccccc21)C(C)C(=O)Nc1ccc(Cl)cc1C(=O)O. The highest BCUT2D eigenvalue weighted by molar-refractivity contribution is 6.31. The first-order valence-corrected chi connectivity index (χ1v) is 11.6. The average molecular weight is 493 g/mol. The summed E-state index contributed by atoms with van der Waals surface area (Å²) in [5.74, 6) is -2.38. The predicted molar refractivity (Wildman–Crippen MR) is 134 cm³/mol. The number of carboxylic acids is 1. The minimum Gasteiger partial charge on any atom is -0.478 e. The van der Waals surface area contributed by atoms with Crippen molar-refractivity contribution in [1.29, 1.82) is 0 Å². The van der Waals surface area contributed by atoms with Gasteiger partial charge >= 0.3 is 12.1 Å². The number of halogens is 1. The number of carboxylic acid groups (broad SMARTS) is 1. The van der Waals surface area contributed by atoms with Gasteiger partial charge in [0.2, 0.25) is 5.91 Å². The van der Waals surface area contributed by atoms with Crippen molar-refractivity contribution in [3.63, 3.8) is 0 Å². The molecule has 0 saturated carbocycles. The molecule has 2 amide bonds. The minimum absolute atomic E-state index is 0.0662. The molecule has 0 aliphatic heterocycles. The van der Waals surface area contributed by atoms with Gasteiger partial charge in [0.05, 0.1) is 17.2 Å². The van der Waals surface area contributed by atoms with Crippen LogP contribution in [0, 0.1) is 5.92 Å². The van der Waals surface area contributed by atoms with E-state index >= 15 is 0 Å². The monoisotopic (exact) mass is 492 g/mol. The van der Waals surface area contributed by atoms with E-state index in [0.717, 1.165) is 22.3 Å². The number of carbonyl (C=O) groups is 3. The summed E-state index contributed by atoms with van der Waals surface area (Å²) in [4.78, 5) is 36.7. The van der Waals surface area contributed by atoms with Crippen LogP contribution in [0.3, 0.4) is 0 Å². The third kappa shape index (κ3) is 5.15. The molecule has 4 rings (SSSR count). The summed E-state index contributed by atoms with van der Waals surface area (Å²) in [6.45, 7) is 3.49. The van der Waals surface area contributed by atoms with Crippen LogP contribution in [0.1, 0.15) is 41.3 Å². The summed E-state index contributed by atoms with van der Waals surface area (Å²) in [5.41, 5.74) is 4.51. The molecule has 0 saturated heterocycles. The number of fused-ring (bicyclic) bond motifs is 3. The van der Waals surface area contributed by atoms with Gasteiger partial charge in [-0.15, -0.1) is 0 Å². The fraction of sp³-hybridized carbons (Fsp3) is 0.222. The summed E-state index contributed by atoms with van der Waals surface area (Å²) in [6, 6.07) is 19.7. The Bertz CT molecular complexity index is 1250. The molecule has 1 aliphatic carbocycles. The van der Waals surface area contributed by atoms with E-state index in [9.17, 15) is 19.5 Å². The van der Waals surface area contributed by atoms with Gasteiger partial charge in [-0.2, -0.15) is 0 Å². The predicted octanol–water partition coefficient (Wildman–Crippen LogP) is 5.54. The fourth-order valence-corrected chi connectivity index (χ4v) is 4.40. The maximum Gasteiger partial charge on any atom is 0.407 e. The van der Waals surface area contributed by atoms with Gasteiger partial charge in [0, 0.05) is 17.0 Å². The molecule has 0 aromatic heterocycles. The molecule has 35 heavy (non-hydrogen) atoms. The van der Waals surface area contributed by atoms with Crippen LogP contribution in [0.15, 0.2) is 66.7 Å².